The van der Waals surface area contributed by atoms with Crippen LogP contribution in [0.4, 0.5) is 11.4 Å². The average Bonchev–Trinajstić information content (AvgIpc) is 2.72. The van der Waals surface area contributed by atoms with Gasteiger partial charge in [0.25, 0.3) is 0 Å². The standard InChI is InChI=1S/C12H8N2.3C5H8O2.Tb/c1-3-9-5-6-10-4-2-8-14-12(10)11(9)13-7-1;3*1-4(6)3-5(2)7;/h1-8H;3*3,6H,1-2H3;/q-2;;;;/p-3. The first kappa shape index (κ1) is 35.1. The average molecular weight is 636 g/mol. The smallest absolute Gasteiger partial charge is 0.151 e. The van der Waals surface area contributed by atoms with Gasteiger partial charge >= 0.3 is 0 Å². The predicted octanol–water partition coefficient (Wildman–Crippen LogP) is 1.83. The molecule has 3 rings (SSSR count). The number of hydrogen-bond acceptors (Lipinski definition) is 6. The van der Waals surface area contributed by atoms with E-state index in [9.17, 15) is 29.7 Å². The number of fused-ring (bicyclic) bond motifs is 3. The van der Waals surface area contributed by atoms with Crippen LogP contribution in [0.1, 0.15) is 41.5 Å². The minimum Gasteiger partial charge on any atom is -0.876 e. The third kappa shape index (κ3) is 17.4. The van der Waals surface area contributed by atoms with Crippen LogP contribution < -0.4 is 25.8 Å². The fourth-order valence-corrected chi connectivity index (χ4v) is 2.54. The zero-order valence-electron chi connectivity index (χ0n) is 21.0. The van der Waals surface area contributed by atoms with Crippen molar-refractivity contribution < 1.29 is 68.3 Å². The number of allylic oxidation sites excluding steroid dienone is 8. The van der Waals surface area contributed by atoms with Gasteiger partial charge in [-0.25, -0.2) is 0 Å². The fourth-order valence-electron chi connectivity index (χ4n) is 2.54. The molecule has 0 saturated carbocycles. The van der Waals surface area contributed by atoms with Crippen molar-refractivity contribution in [2.24, 2.45) is 0 Å². The second kappa shape index (κ2) is 19.2. The molecular weight excluding hydrogens is 607 g/mol. The fraction of sp³-hybridized carbons (Fsp3) is 0.222. The number of carbonyl (C=O) groups is 3. The summed E-state index contributed by atoms with van der Waals surface area (Å²) in [6.45, 7) is 8.09. The molecule has 2 heterocycles. The van der Waals surface area contributed by atoms with E-state index in [0.717, 1.165) is 40.0 Å². The van der Waals surface area contributed by atoms with Crippen LogP contribution in [-0.2, 0) is 14.4 Å². The van der Waals surface area contributed by atoms with Crippen LogP contribution in [0.15, 0.2) is 72.2 Å². The van der Waals surface area contributed by atoms with Crippen molar-refractivity contribution in [2.75, 3.05) is 0 Å². The Bertz CT molecular complexity index is 1060. The molecule has 0 bridgehead atoms. The first-order valence-electron chi connectivity index (χ1n) is 10.5. The van der Waals surface area contributed by atoms with E-state index < -0.39 is 0 Å². The SMILES string of the molecule is C1=C[N-]c2c3c(ccc2=C1)=CC=C[N-]3.CC(=O)C=C(C)[O-].CC(=O)C=C(C)[O-].CC(=O)C=C(C)[O-].[Tb]. The molecule has 2 aliphatic rings. The van der Waals surface area contributed by atoms with Crippen molar-refractivity contribution in [1.82, 2.24) is 0 Å². The number of rotatable bonds is 3. The minimum atomic E-state index is -0.187. The molecule has 0 saturated heterocycles. The van der Waals surface area contributed by atoms with Gasteiger partial charge in [-0.05, 0) is 49.4 Å². The van der Waals surface area contributed by atoms with Gasteiger partial charge in [0.1, 0.15) is 0 Å². The van der Waals surface area contributed by atoms with Gasteiger partial charge in [0.2, 0.25) is 0 Å². The quantitative estimate of drug-likeness (QED) is 0.365. The molecule has 2 aliphatic heterocycles. The third-order valence-corrected chi connectivity index (χ3v) is 3.56. The molecule has 0 spiro atoms. The summed E-state index contributed by atoms with van der Waals surface area (Å²) in [5.41, 5.74) is 1.95. The molecule has 0 aromatic heterocycles. The topological polar surface area (TPSA) is 149 Å². The summed E-state index contributed by atoms with van der Waals surface area (Å²) in [4.78, 5) is 29.9. The number of ketones is 3. The molecule has 8 nitrogen and oxygen atoms in total. The van der Waals surface area contributed by atoms with E-state index in [1.807, 2.05) is 12.2 Å². The van der Waals surface area contributed by atoms with Crippen molar-refractivity contribution >= 4 is 40.9 Å². The molecule has 0 amide bonds. The molecule has 0 unspecified atom stereocenters. The molecule has 0 N–H and O–H groups in total. The number of nitrogens with zero attached hydrogens (tertiary/aromatic N) is 2. The Hall–Kier alpha value is -3.04. The Balaban J connectivity index is 0. The van der Waals surface area contributed by atoms with E-state index in [0.29, 0.717) is 0 Å². The van der Waals surface area contributed by atoms with Gasteiger partial charge < -0.3 is 26.0 Å². The predicted molar refractivity (Wildman–Crippen MR) is 132 cm³/mol. The van der Waals surface area contributed by atoms with Crippen LogP contribution in [0.3, 0.4) is 0 Å². The van der Waals surface area contributed by atoms with E-state index in [-0.39, 0.29) is 73.2 Å². The number of hydrogen-bond donors (Lipinski definition) is 0. The molecule has 1 aromatic rings. The van der Waals surface area contributed by atoms with Gasteiger partial charge in [0.15, 0.2) is 17.3 Å². The summed E-state index contributed by atoms with van der Waals surface area (Å²) in [6, 6.07) is 4.15. The number of carbonyl (C=O) groups excluding carboxylic acids is 3. The molecular formula is C27H29N2O6Tb-5. The maximum Gasteiger partial charge on any atom is 0.151 e. The summed E-state index contributed by atoms with van der Waals surface area (Å²) in [6.07, 6.45) is 14.8. The van der Waals surface area contributed by atoms with E-state index in [2.05, 4.69) is 34.9 Å². The maximum absolute atomic E-state index is 9.98. The zero-order chi connectivity index (χ0) is 27.0. The van der Waals surface area contributed by atoms with E-state index >= 15 is 0 Å². The van der Waals surface area contributed by atoms with Crippen molar-refractivity contribution in [3.63, 3.8) is 0 Å². The summed E-state index contributed by atoms with van der Waals surface area (Å²) in [5.74, 6) is -1.12. The molecule has 9 heteroatoms. The molecule has 197 valence electrons. The Kier molecular flexibility index (Phi) is 18.7. The Labute approximate surface area is 242 Å². The van der Waals surface area contributed by atoms with Gasteiger partial charge in [-0.1, -0.05) is 57.2 Å². The van der Waals surface area contributed by atoms with Crippen molar-refractivity contribution in [3.8, 4) is 0 Å². The van der Waals surface area contributed by atoms with Gasteiger partial charge in [0, 0.05) is 38.6 Å². The van der Waals surface area contributed by atoms with Crippen molar-refractivity contribution in [1.29, 1.82) is 0 Å². The Morgan fingerprint density at radius 1 is 0.611 bits per heavy atom. The second-order valence-electron chi connectivity index (χ2n) is 7.31. The summed E-state index contributed by atoms with van der Waals surface area (Å²) < 4.78 is 0. The Morgan fingerprint density at radius 3 is 1.08 bits per heavy atom. The first-order valence-corrected chi connectivity index (χ1v) is 10.5. The van der Waals surface area contributed by atoms with Crippen molar-refractivity contribution in [3.05, 3.63) is 93.3 Å². The third-order valence-electron chi connectivity index (χ3n) is 3.56. The van der Waals surface area contributed by atoms with E-state index in [4.69, 9.17) is 0 Å². The normalized spacial score (nSPS) is 12.7. The maximum atomic E-state index is 9.98. The van der Waals surface area contributed by atoms with Gasteiger partial charge in [-0.2, -0.15) is 12.4 Å². The van der Waals surface area contributed by atoms with E-state index in [1.165, 1.54) is 41.5 Å². The molecule has 0 fully saturated rings. The monoisotopic (exact) mass is 636 g/mol. The van der Waals surface area contributed by atoms with Gasteiger partial charge in [0.05, 0.1) is 0 Å². The van der Waals surface area contributed by atoms with Gasteiger partial charge in [-0.3, -0.25) is 14.4 Å². The summed E-state index contributed by atoms with van der Waals surface area (Å²) in [5, 5.41) is 40.9. The Morgan fingerprint density at radius 2 is 0.889 bits per heavy atom. The van der Waals surface area contributed by atoms with Crippen LogP contribution in [0.25, 0.3) is 22.8 Å². The van der Waals surface area contributed by atoms with E-state index in [1.54, 1.807) is 12.4 Å². The molecule has 1 radical (unpaired) electrons. The van der Waals surface area contributed by atoms with Crippen LogP contribution >= 0.6 is 0 Å². The largest absolute Gasteiger partial charge is 0.876 e. The van der Waals surface area contributed by atoms with Crippen LogP contribution in [0.2, 0.25) is 0 Å². The summed E-state index contributed by atoms with van der Waals surface area (Å²) in [7, 11) is 0. The first-order chi connectivity index (χ1) is 16.3. The molecule has 0 atom stereocenters. The van der Waals surface area contributed by atoms with Crippen LogP contribution in [0.5, 0.6) is 0 Å². The van der Waals surface area contributed by atoms with Crippen LogP contribution in [-0.4, -0.2) is 17.3 Å². The molecule has 0 aliphatic carbocycles. The van der Waals surface area contributed by atoms with Crippen molar-refractivity contribution in [2.45, 2.75) is 41.5 Å². The molecule has 36 heavy (non-hydrogen) atoms. The summed E-state index contributed by atoms with van der Waals surface area (Å²) >= 11 is 0. The van der Waals surface area contributed by atoms with Crippen LogP contribution in [0, 0.1) is 38.6 Å². The second-order valence-corrected chi connectivity index (χ2v) is 7.31. The minimum absolute atomic E-state index is 0. The zero-order valence-corrected chi connectivity index (χ0v) is 23.2. The molecule has 1 aromatic carbocycles. The number of benzene rings is 1. The van der Waals surface area contributed by atoms with Gasteiger partial charge in [-0.15, -0.1) is 28.7 Å².